The first-order chi connectivity index (χ1) is 15.8. The summed E-state index contributed by atoms with van der Waals surface area (Å²) in [5.41, 5.74) is 6.89. The highest BCUT2D eigenvalue weighted by atomic mass is 32.2. The predicted molar refractivity (Wildman–Crippen MR) is 126 cm³/mol. The van der Waals surface area contributed by atoms with E-state index in [-0.39, 0.29) is 18.6 Å². The Balaban J connectivity index is 2.15. The van der Waals surface area contributed by atoms with Crippen molar-refractivity contribution >= 4 is 41.2 Å². The number of thioether (sulfide) groups is 1. The topological polar surface area (TPSA) is 150 Å². The average molecular weight is 474 g/mol. The number of carbonyl (C=O) groups is 4. The molecule has 0 saturated carbocycles. The minimum atomic E-state index is -1.22. The van der Waals surface area contributed by atoms with E-state index in [9.17, 15) is 24.3 Å². The molecule has 2 unspecified atom stereocenters. The van der Waals surface area contributed by atoms with E-state index in [0.717, 1.165) is 10.5 Å². The number of hydrogen-bond donors (Lipinski definition) is 4. The molecule has 0 fully saturated rings. The third kappa shape index (κ3) is 8.95. The lowest BCUT2D eigenvalue weighted by atomic mass is 10.1. The van der Waals surface area contributed by atoms with Gasteiger partial charge in [-0.05, 0) is 24.1 Å². The fourth-order valence-electron chi connectivity index (χ4n) is 2.95. The largest absolute Gasteiger partial charge is 0.480 e. The van der Waals surface area contributed by atoms with Gasteiger partial charge >= 0.3 is 11.9 Å². The first-order valence-electron chi connectivity index (χ1n) is 10.3. The summed E-state index contributed by atoms with van der Waals surface area (Å²) in [5, 5.41) is 20.8. The number of para-hydroxylation sites is 1. The van der Waals surface area contributed by atoms with Gasteiger partial charge in [-0.1, -0.05) is 48.5 Å². The zero-order chi connectivity index (χ0) is 24.2. The van der Waals surface area contributed by atoms with Crippen LogP contribution in [0.5, 0.6) is 0 Å². The van der Waals surface area contributed by atoms with Gasteiger partial charge in [-0.3, -0.25) is 24.1 Å². The standard InChI is InChI=1S/C23H27N3O6S/c24-18(23(31)32)11-12-20(27)25-19(15-33-14-16-7-3-1-4-8-16)22(30)26(13-21(28)29)17-9-5-2-6-10-17/h1-10,18-19H,11-15,24H2,(H,25,27)(H,28,29)(H,31,32). The van der Waals surface area contributed by atoms with Crippen LogP contribution in [-0.2, 0) is 24.9 Å². The second-order valence-corrected chi connectivity index (χ2v) is 8.29. The summed E-state index contributed by atoms with van der Waals surface area (Å²) in [5.74, 6) is -2.72. The molecule has 2 aromatic carbocycles. The van der Waals surface area contributed by atoms with Crippen molar-refractivity contribution in [1.82, 2.24) is 5.32 Å². The van der Waals surface area contributed by atoms with Gasteiger partial charge in [0.2, 0.25) is 5.91 Å². The Bertz CT molecular complexity index is 942. The molecule has 10 heteroatoms. The van der Waals surface area contributed by atoms with Crippen LogP contribution in [0.4, 0.5) is 5.69 Å². The van der Waals surface area contributed by atoms with Crippen LogP contribution in [0, 0.1) is 0 Å². The van der Waals surface area contributed by atoms with Gasteiger partial charge in [-0.15, -0.1) is 0 Å². The highest BCUT2D eigenvalue weighted by molar-refractivity contribution is 7.98. The first kappa shape index (κ1) is 25.9. The fraction of sp³-hybridized carbons (Fsp3) is 0.304. The van der Waals surface area contributed by atoms with Gasteiger partial charge < -0.3 is 21.3 Å². The number of hydrogen-bond acceptors (Lipinski definition) is 6. The second kappa shape index (κ2) is 13.2. The molecule has 2 aromatic rings. The van der Waals surface area contributed by atoms with Crippen molar-refractivity contribution in [3.8, 4) is 0 Å². The number of carboxylic acid groups (broad SMARTS) is 2. The van der Waals surface area contributed by atoms with Crippen LogP contribution in [0.25, 0.3) is 0 Å². The Morgan fingerprint density at radius 2 is 1.58 bits per heavy atom. The van der Waals surface area contributed by atoms with Gasteiger partial charge in [0.1, 0.15) is 18.6 Å². The Kier molecular flexibility index (Phi) is 10.4. The van der Waals surface area contributed by atoms with Gasteiger partial charge in [0.15, 0.2) is 0 Å². The molecule has 0 heterocycles. The SMILES string of the molecule is NC(CCC(=O)NC(CSCc1ccccc1)C(=O)N(CC(=O)O)c1ccccc1)C(=O)O. The van der Waals surface area contributed by atoms with Crippen molar-refractivity contribution < 1.29 is 29.4 Å². The summed E-state index contributed by atoms with van der Waals surface area (Å²) in [4.78, 5) is 49.2. The number of nitrogens with zero attached hydrogens (tertiary/aromatic N) is 1. The Morgan fingerprint density at radius 1 is 0.970 bits per heavy atom. The Morgan fingerprint density at radius 3 is 2.15 bits per heavy atom. The van der Waals surface area contributed by atoms with Gasteiger partial charge in [-0.25, -0.2) is 0 Å². The molecule has 5 N–H and O–H groups in total. The molecule has 2 rings (SSSR count). The van der Waals surface area contributed by atoms with Crippen molar-refractivity contribution in [2.75, 3.05) is 17.2 Å². The lowest BCUT2D eigenvalue weighted by molar-refractivity contribution is -0.139. The highest BCUT2D eigenvalue weighted by Crippen LogP contribution is 2.18. The molecule has 2 amide bonds. The van der Waals surface area contributed by atoms with Crippen LogP contribution < -0.4 is 16.0 Å². The lowest BCUT2D eigenvalue weighted by Gasteiger charge is -2.27. The molecule has 0 spiro atoms. The molecule has 176 valence electrons. The van der Waals surface area contributed by atoms with Crippen LogP contribution in [0.3, 0.4) is 0 Å². The van der Waals surface area contributed by atoms with E-state index in [1.807, 2.05) is 30.3 Å². The summed E-state index contributed by atoms with van der Waals surface area (Å²) in [6, 6.07) is 15.7. The van der Waals surface area contributed by atoms with Crippen molar-refractivity contribution in [3.63, 3.8) is 0 Å². The van der Waals surface area contributed by atoms with Crippen LogP contribution in [0.2, 0.25) is 0 Å². The quantitative estimate of drug-likeness (QED) is 0.343. The maximum absolute atomic E-state index is 13.3. The number of nitrogens with two attached hydrogens (primary N) is 1. The molecular formula is C23H27N3O6S. The van der Waals surface area contributed by atoms with E-state index >= 15 is 0 Å². The number of benzene rings is 2. The van der Waals surface area contributed by atoms with Crippen molar-refractivity contribution in [1.29, 1.82) is 0 Å². The molecule has 0 aromatic heterocycles. The van der Waals surface area contributed by atoms with Crippen LogP contribution in [0.15, 0.2) is 60.7 Å². The van der Waals surface area contributed by atoms with E-state index < -0.39 is 42.4 Å². The zero-order valence-corrected chi connectivity index (χ0v) is 18.7. The number of rotatable bonds is 13. The summed E-state index contributed by atoms with van der Waals surface area (Å²) < 4.78 is 0. The Labute approximate surface area is 196 Å². The minimum Gasteiger partial charge on any atom is -0.480 e. The molecular weight excluding hydrogens is 446 g/mol. The number of anilines is 1. The fourth-order valence-corrected chi connectivity index (χ4v) is 3.96. The van der Waals surface area contributed by atoms with Gasteiger partial charge in [-0.2, -0.15) is 11.8 Å². The second-order valence-electron chi connectivity index (χ2n) is 7.26. The number of carbonyl (C=O) groups excluding carboxylic acids is 2. The molecule has 0 aliphatic rings. The van der Waals surface area contributed by atoms with Crippen LogP contribution in [0.1, 0.15) is 18.4 Å². The number of aliphatic carboxylic acids is 2. The van der Waals surface area contributed by atoms with Crippen molar-refractivity contribution in [2.24, 2.45) is 5.73 Å². The van der Waals surface area contributed by atoms with E-state index in [0.29, 0.717) is 11.4 Å². The summed E-state index contributed by atoms with van der Waals surface area (Å²) in [6.07, 6.45) is -0.262. The number of amides is 2. The number of carboxylic acids is 2. The van der Waals surface area contributed by atoms with E-state index in [2.05, 4.69) is 5.32 Å². The third-order valence-electron chi connectivity index (χ3n) is 4.66. The van der Waals surface area contributed by atoms with Gasteiger partial charge in [0.25, 0.3) is 5.91 Å². The summed E-state index contributed by atoms with van der Waals surface area (Å²) >= 11 is 1.42. The Hall–Kier alpha value is -3.37. The average Bonchev–Trinajstić information content (AvgIpc) is 2.81. The summed E-state index contributed by atoms with van der Waals surface area (Å²) in [6.45, 7) is -0.567. The normalized spacial score (nSPS) is 12.4. The van der Waals surface area contributed by atoms with E-state index in [1.165, 1.54) is 11.8 Å². The van der Waals surface area contributed by atoms with Gasteiger partial charge in [0.05, 0.1) is 0 Å². The molecule has 0 bridgehead atoms. The van der Waals surface area contributed by atoms with Gasteiger partial charge in [0, 0.05) is 23.6 Å². The summed E-state index contributed by atoms with van der Waals surface area (Å²) in [7, 11) is 0. The maximum Gasteiger partial charge on any atom is 0.323 e. The van der Waals surface area contributed by atoms with E-state index in [1.54, 1.807) is 30.3 Å². The minimum absolute atomic E-state index is 0.0865. The number of nitrogens with one attached hydrogen (secondary N) is 1. The van der Waals surface area contributed by atoms with E-state index in [4.69, 9.17) is 10.8 Å². The predicted octanol–water partition coefficient (Wildman–Crippen LogP) is 1.71. The molecule has 0 aliphatic carbocycles. The molecule has 9 nitrogen and oxygen atoms in total. The highest BCUT2D eigenvalue weighted by Gasteiger charge is 2.28. The van der Waals surface area contributed by atoms with Crippen LogP contribution >= 0.6 is 11.8 Å². The molecule has 0 saturated heterocycles. The van der Waals surface area contributed by atoms with Crippen molar-refractivity contribution in [2.45, 2.75) is 30.7 Å². The third-order valence-corrected chi connectivity index (χ3v) is 5.76. The monoisotopic (exact) mass is 473 g/mol. The first-order valence-corrected chi connectivity index (χ1v) is 11.4. The molecule has 33 heavy (non-hydrogen) atoms. The lowest BCUT2D eigenvalue weighted by Crippen LogP contribution is -2.51. The maximum atomic E-state index is 13.3. The van der Waals surface area contributed by atoms with Crippen LogP contribution in [-0.4, -0.2) is 58.3 Å². The smallest absolute Gasteiger partial charge is 0.323 e. The molecule has 0 aliphatic heterocycles. The molecule has 2 atom stereocenters. The molecule has 0 radical (unpaired) electrons. The zero-order valence-electron chi connectivity index (χ0n) is 17.9. The van der Waals surface area contributed by atoms with Crippen molar-refractivity contribution in [3.05, 3.63) is 66.2 Å².